The van der Waals surface area contributed by atoms with Crippen LogP contribution in [0, 0.1) is 0 Å². The Morgan fingerprint density at radius 3 is 2.65 bits per heavy atom. The van der Waals surface area contributed by atoms with Crippen molar-refractivity contribution in [3.8, 4) is 0 Å². The van der Waals surface area contributed by atoms with Crippen LogP contribution in [0.1, 0.15) is 56.7 Å². The average molecular weight is 350 g/mol. The van der Waals surface area contributed by atoms with Gasteiger partial charge in [0.05, 0.1) is 0 Å². The van der Waals surface area contributed by atoms with Crippen LogP contribution in [0.4, 0.5) is 10.3 Å². The van der Waals surface area contributed by atoms with Crippen molar-refractivity contribution in [3.63, 3.8) is 0 Å². The van der Waals surface area contributed by atoms with E-state index in [9.17, 15) is 0 Å². The summed E-state index contributed by atoms with van der Waals surface area (Å²) in [5, 5.41) is 7.82. The quantitative estimate of drug-likeness (QED) is 0.900. The molecule has 3 heterocycles. The summed E-state index contributed by atoms with van der Waals surface area (Å²) >= 11 is 3.27. The highest BCUT2D eigenvalue weighted by atomic mass is 32.1. The van der Waals surface area contributed by atoms with Gasteiger partial charge in [-0.3, -0.25) is 0 Å². The van der Waals surface area contributed by atoms with E-state index >= 15 is 0 Å². The normalized spacial score (nSPS) is 20.8. The van der Waals surface area contributed by atoms with Gasteiger partial charge in [-0.05, 0) is 25.7 Å². The van der Waals surface area contributed by atoms with Crippen LogP contribution in [0.2, 0.25) is 0 Å². The van der Waals surface area contributed by atoms with Gasteiger partial charge in [-0.25, -0.2) is 9.97 Å². The fraction of sp³-hybridized carbons (Fsp3) is 0.688. The molecule has 1 aliphatic carbocycles. The molecule has 23 heavy (non-hydrogen) atoms. The van der Waals surface area contributed by atoms with Gasteiger partial charge in [0.1, 0.15) is 5.82 Å². The fourth-order valence-electron chi connectivity index (χ4n) is 3.58. The van der Waals surface area contributed by atoms with Gasteiger partial charge in [0, 0.05) is 48.2 Å². The van der Waals surface area contributed by atoms with Gasteiger partial charge in [-0.1, -0.05) is 19.3 Å². The van der Waals surface area contributed by atoms with Gasteiger partial charge in [0.15, 0.2) is 5.13 Å². The van der Waals surface area contributed by atoms with Crippen molar-refractivity contribution in [1.29, 1.82) is 0 Å². The van der Waals surface area contributed by atoms with Crippen molar-refractivity contribution in [3.05, 3.63) is 17.4 Å². The molecule has 0 amide bonds. The van der Waals surface area contributed by atoms with Crippen molar-refractivity contribution in [1.82, 2.24) is 14.3 Å². The van der Waals surface area contributed by atoms with Gasteiger partial charge in [0.2, 0.25) is 5.13 Å². The second-order valence-corrected chi connectivity index (χ2v) is 8.14. The predicted octanol–water partition coefficient (Wildman–Crippen LogP) is 4.12. The van der Waals surface area contributed by atoms with Crippen LogP contribution in [0.15, 0.2) is 11.6 Å². The molecule has 2 aromatic rings. The highest BCUT2D eigenvalue weighted by Crippen LogP contribution is 2.32. The maximum Gasteiger partial charge on any atom is 0.202 e. The number of rotatable bonds is 4. The first-order valence-corrected chi connectivity index (χ1v) is 10.3. The molecule has 0 radical (unpaired) electrons. The molecule has 0 unspecified atom stereocenters. The Hall–Kier alpha value is -1.21. The number of hydrogen-bond donors (Lipinski definition) is 1. The fourth-order valence-corrected chi connectivity index (χ4v) is 5.00. The first-order chi connectivity index (χ1) is 11.4. The summed E-state index contributed by atoms with van der Waals surface area (Å²) in [5.74, 6) is 1.68. The maximum atomic E-state index is 4.77. The van der Waals surface area contributed by atoms with Crippen LogP contribution in [0.25, 0.3) is 0 Å². The second kappa shape index (κ2) is 7.13. The van der Waals surface area contributed by atoms with Crippen LogP contribution in [-0.2, 0) is 0 Å². The van der Waals surface area contributed by atoms with E-state index in [1.165, 1.54) is 43.6 Å². The summed E-state index contributed by atoms with van der Waals surface area (Å²) in [5.41, 5.74) is 0. The summed E-state index contributed by atoms with van der Waals surface area (Å²) in [7, 11) is 0. The van der Waals surface area contributed by atoms with E-state index < -0.39 is 0 Å². The van der Waals surface area contributed by atoms with Crippen molar-refractivity contribution in [2.45, 2.75) is 56.9 Å². The van der Waals surface area contributed by atoms with E-state index in [0.717, 1.165) is 42.0 Å². The lowest BCUT2D eigenvalue weighted by molar-refractivity contribution is 0.431. The van der Waals surface area contributed by atoms with Gasteiger partial charge in [-0.15, -0.1) is 11.3 Å². The minimum Gasteiger partial charge on any atom is -0.357 e. The second-order valence-electron chi connectivity index (χ2n) is 6.51. The molecular weight excluding hydrogens is 326 g/mol. The molecule has 1 saturated heterocycles. The molecule has 1 saturated carbocycles. The summed E-state index contributed by atoms with van der Waals surface area (Å²) in [6, 6.07) is 0.512. The van der Waals surface area contributed by atoms with Crippen molar-refractivity contribution in [2.75, 3.05) is 23.3 Å². The van der Waals surface area contributed by atoms with Crippen molar-refractivity contribution >= 4 is 33.1 Å². The Bertz CT molecular complexity index is 598. The predicted molar refractivity (Wildman–Crippen MR) is 96.7 cm³/mol. The number of nitrogens with one attached hydrogen (secondary N) is 1. The van der Waals surface area contributed by atoms with E-state index in [0.29, 0.717) is 12.0 Å². The summed E-state index contributed by atoms with van der Waals surface area (Å²) < 4.78 is 4.61. The van der Waals surface area contributed by atoms with Crippen LogP contribution in [0.3, 0.4) is 0 Å². The van der Waals surface area contributed by atoms with Crippen LogP contribution >= 0.6 is 22.9 Å². The molecule has 124 valence electrons. The molecule has 0 atom stereocenters. The van der Waals surface area contributed by atoms with Gasteiger partial charge < -0.3 is 10.2 Å². The Kier molecular flexibility index (Phi) is 4.75. The van der Waals surface area contributed by atoms with E-state index in [2.05, 4.69) is 19.6 Å². The van der Waals surface area contributed by atoms with Crippen LogP contribution in [-0.4, -0.2) is 33.5 Å². The largest absolute Gasteiger partial charge is 0.357 e. The Morgan fingerprint density at radius 1 is 1.09 bits per heavy atom. The minimum absolute atomic E-state index is 0.512. The van der Waals surface area contributed by atoms with Crippen LogP contribution < -0.4 is 10.2 Å². The molecule has 5 nitrogen and oxygen atoms in total. The molecule has 2 aromatic heterocycles. The van der Waals surface area contributed by atoms with Crippen molar-refractivity contribution in [2.24, 2.45) is 0 Å². The molecule has 1 aliphatic heterocycles. The molecule has 2 fully saturated rings. The summed E-state index contributed by atoms with van der Waals surface area (Å²) in [4.78, 5) is 11.6. The van der Waals surface area contributed by atoms with E-state index in [1.54, 1.807) is 11.3 Å². The van der Waals surface area contributed by atoms with Gasteiger partial charge in [-0.2, -0.15) is 4.37 Å². The smallest absolute Gasteiger partial charge is 0.202 e. The zero-order valence-corrected chi connectivity index (χ0v) is 14.9. The Labute approximate surface area is 145 Å². The summed E-state index contributed by atoms with van der Waals surface area (Å²) in [6.07, 6.45) is 10.7. The van der Waals surface area contributed by atoms with Gasteiger partial charge >= 0.3 is 0 Å². The van der Waals surface area contributed by atoms with E-state index in [1.807, 2.05) is 11.6 Å². The standard InChI is InChI=1S/C16H23N5S2/c1-2-4-12(5-3-1)14-19-15(23-20-14)18-13-6-9-21(10-7-13)16-17-8-11-22-16/h8,11-13H,1-7,9-10H2,(H,18,19,20). The maximum absolute atomic E-state index is 4.77. The number of nitrogens with zero attached hydrogens (tertiary/aromatic N) is 4. The third-order valence-corrected chi connectivity index (χ3v) is 6.42. The molecule has 0 bridgehead atoms. The number of anilines is 2. The zero-order valence-electron chi connectivity index (χ0n) is 13.3. The third kappa shape index (κ3) is 3.66. The molecule has 0 spiro atoms. The number of aromatic nitrogens is 3. The highest BCUT2D eigenvalue weighted by molar-refractivity contribution is 7.13. The monoisotopic (exact) mass is 349 g/mol. The molecule has 0 aromatic carbocycles. The molecule has 1 N–H and O–H groups in total. The SMILES string of the molecule is c1csc(N2CCC(Nc3nc(C4CCCCC4)ns3)CC2)n1. The lowest BCUT2D eigenvalue weighted by atomic mass is 9.89. The lowest BCUT2D eigenvalue weighted by Crippen LogP contribution is -2.39. The van der Waals surface area contributed by atoms with E-state index in [4.69, 9.17) is 4.98 Å². The highest BCUT2D eigenvalue weighted by Gasteiger charge is 2.23. The Balaban J connectivity index is 1.30. The number of piperidine rings is 1. The molecule has 4 rings (SSSR count). The van der Waals surface area contributed by atoms with Gasteiger partial charge in [0.25, 0.3) is 0 Å². The molecule has 2 aliphatic rings. The molecule has 7 heteroatoms. The minimum atomic E-state index is 0.512. The Morgan fingerprint density at radius 2 is 1.91 bits per heavy atom. The average Bonchev–Trinajstić information content (AvgIpc) is 3.28. The van der Waals surface area contributed by atoms with E-state index in [-0.39, 0.29) is 0 Å². The zero-order chi connectivity index (χ0) is 15.5. The van der Waals surface area contributed by atoms with Crippen LogP contribution in [0.5, 0.6) is 0 Å². The third-order valence-electron chi connectivity index (χ3n) is 4.92. The molecular formula is C16H23N5S2. The number of hydrogen-bond acceptors (Lipinski definition) is 7. The summed E-state index contributed by atoms with van der Waals surface area (Å²) in [6.45, 7) is 2.14. The first kappa shape index (κ1) is 15.3. The lowest BCUT2D eigenvalue weighted by Gasteiger charge is -2.31. The first-order valence-electron chi connectivity index (χ1n) is 8.63. The topological polar surface area (TPSA) is 53.9 Å². The van der Waals surface area contributed by atoms with Crippen molar-refractivity contribution < 1.29 is 0 Å². The number of thiazole rings is 1.